The first-order valence-corrected chi connectivity index (χ1v) is 5.20. The minimum absolute atomic E-state index is 0.0881. The van der Waals surface area contributed by atoms with Crippen LogP contribution in [0.15, 0.2) is 0 Å². The number of hydrogen-bond donors (Lipinski definition) is 2. The van der Waals surface area contributed by atoms with Gasteiger partial charge in [0.25, 0.3) is 10.2 Å². The summed E-state index contributed by atoms with van der Waals surface area (Å²) in [7, 11) is -2.36. The van der Waals surface area contributed by atoms with Crippen molar-refractivity contribution in [2.75, 3.05) is 20.1 Å². The predicted molar refractivity (Wildman–Crippen MR) is 50.6 cm³/mol. The van der Waals surface area contributed by atoms with Crippen molar-refractivity contribution in [3.63, 3.8) is 0 Å². The summed E-state index contributed by atoms with van der Waals surface area (Å²) >= 11 is 0. The van der Waals surface area contributed by atoms with Gasteiger partial charge in [-0.05, 0) is 0 Å². The zero-order valence-corrected chi connectivity index (χ0v) is 8.54. The number of carboxylic acid groups (broad SMARTS) is 1. The molecule has 0 rings (SSSR count). The fraction of sp³-hybridized carbons (Fsp3) is 0.571. The maximum Gasteiger partial charge on any atom is 0.304 e. The summed E-state index contributed by atoms with van der Waals surface area (Å²) in [5, 5.41) is 8.33. The normalized spacial score (nSPS) is 11.2. The Labute approximate surface area is 83.1 Å². The van der Waals surface area contributed by atoms with E-state index < -0.39 is 16.2 Å². The number of aliphatic carboxylic acids is 1. The Hall–Kier alpha value is -1.10. The van der Waals surface area contributed by atoms with Crippen molar-refractivity contribution in [2.45, 2.75) is 6.42 Å². The summed E-state index contributed by atoms with van der Waals surface area (Å²) in [6.45, 7) is -0.199. The number of terminal acetylenes is 1. The lowest BCUT2D eigenvalue weighted by Gasteiger charge is -2.15. The number of nitrogens with zero attached hydrogens (tertiary/aromatic N) is 1. The molecule has 0 radical (unpaired) electrons. The molecule has 0 saturated carbocycles. The summed E-state index contributed by atoms with van der Waals surface area (Å²) in [6, 6.07) is 0. The third-order valence-corrected chi connectivity index (χ3v) is 2.92. The summed E-state index contributed by atoms with van der Waals surface area (Å²) in [5.41, 5.74) is 0. The SMILES string of the molecule is C#CCNS(=O)(=O)N(C)CCC(=O)O. The quantitative estimate of drug-likeness (QED) is 0.554. The van der Waals surface area contributed by atoms with E-state index >= 15 is 0 Å². The number of rotatable bonds is 6. The van der Waals surface area contributed by atoms with Gasteiger partial charge in [-0.25, -0.2) is 0 Å². The molecule has 0 aliphatic rings. The molecule has 0 atom stereocenters. The van der Waals surface area contributed by atoms with Gasteiger partial charge >= 0.3 is 5.97 Å². The molecule has 0 aromatic rings. The van der Waals surface area contributed by atoms with Crippen LogP contribution < -0.4 is 4.72 Å². The molecule has 2 N–H and O–H groups in total. The van der Waals surface area contributed by atoms with Gasteiger partial charge in [-0.1, -0.05) is 5.92 Å². The Morgan fingerprint density at radius 2 is 2.21 bits per heavy atom. The maximum absolute atomic E-state index is 11.2. The highest BCUT2D eigenvalue weighted by Gasteiger charge is 2.16. The van der Waals surface area contributed by atoms with Crippen molar-refractivity contribution in [1.82, 2.24) is 9.03 Å². The Kier molecular flexibility index (Phi) is 5.15. The van der Waals surface area contributed by atoms with E-state index in [1.807, 2.05) is 0 Å². The fourth-order valence-corrected chi connectivity index (χ4v) is 1.43. The Balaban J connectivity index is 4.16. The molecule has 0 unspecified atom stereocenters. The van der Waals surface area contributed by atoms with Crippen LogP contribution in [0.2, 0.25) is 0 Å². The van der Waals surface area contributed by atoms with Gasteiger partial charge < -0.3 is 5.11 Å². The average Bonchev–Trinajstić information content (AvgIpc) is 2.10. The van der Waals surface area contributed by atoms with E-state index in [2.05, 4.69) is 10.6 Å². The molecule has 0 amide bonds. The number of carbonyl (C=O) groups is 1. The second-order valence-electron chi connectivity index (χ2n) is 2.50. The molecule has 0 fully saturated rings. The molecule has 80 valence electrons. The molecule has 0 aliphatic carbocycles. The van der Waals surface area contributed by atoms with Crippen LogP contribution in [0, 0.1) is 12.3 Å². The van der Waals surface area contributed by atoms with E-state index in [1.54, 1.807) is 0 Å². The topological polar surface area (TPSA) is 86.7 Å². The van der Waals surface area contributed by atoms with E-state index in [1.165, 1.54) is 7.05 Å². The summed E-state index contributed by atoms with van der Waals surface area (Å²) in [4.78, 5) is 10.2. The number of hydrogen-bond acceptors (Lipinski definition) is 3. The van der Waals surface area contributed by atoms with Crippen molar-refractivity contribution < 1.29 is 18.3 Å². The Bertz CT molecular complexity index is 330. The van der Waals surface area contributed by atoms with E-state index in [0.29, 0.717) is 0 Å². The Morgan fingerprint density at radius 1 is 1.64 bits per heavy atom. The first kappa shape index (κ1) is 12.9. The second kappa shape index (κ2) is 5.59. The third kappa shape index (κ3) is 4.81. The van der Waals surface area contributed by atoms with Crippen LogP contribution >= 0.6 is 0 Å². The van der Waals surface area contributed by atoms with Crippen LogP contribution in [-0.4, -0.2) is 43.9 Å². The molecule has 14 heavy (non-hydrogen) atoms. The second-order valence-corrected chi connectivity index (χ2v) is 4.36. The van der Waals surface area contributed by atoms with Gasteiger partial charge in [-0.3, -0.25) is 4.79 Å². The van der Waals surface area contributed by atoms with Crippen molar-refractivity contribution in [3.05, 3.63) is 0 Å². The van der Waals surface area contributed by atoms with Gasteiger partial charge in [0.2, 0.25) is 0 Å². The third-order valence-electron chi connectivity index (χ3n) is 1.41. The molecule has 7 heteroatoms. The molecule has 0 heterocycles. The van der Waals surface area contributed by atoms with E-state index in [-0.39, 0.29) is 19.5 Å². The van der Waals surface area contributed by atoms with Gasteiger partial charge in [-0.2, -0.15) is 17.4 Å². The predicted octanol–water partition coefficient (Wildman–Crippen LogP) is -1.14. The highest BCUT2D eigenvalue weighted by atomic mass is 32.2. The lowest BCUT2D eigenvalue weighted by atomic mass is 10.4. The van der Waals surface area contributed by atoms with Crippen LogP contribution in [0.1, 0.15) is 6.42 Å². The lowest BCUT2D eigenvalue weighted by molar-refractivity contribution is -0.137. The van der Waals surface area contributed by atoms with Crippen LogP contribution in [0.25, 0.3) is 0 Å². The fourth-order valence-electron chi connectivity index (χ4n) is 0.616. The van der Waals surface area contributed by atoms with E-state index in [0.717, 1.165) is 4.31 Å². The molecule has 0 aromatic heterocycles. The first-order chi connectivity index (χ1) is 6.40. The summed E-state index contributed by atoms with van der Waals surface area (Å²) in [5.74, 6) is 1.06. The van der Waals surface area contributed by atoms with Gasteiger partial charge in [0, 0.05) is 13.6 Å². The lowest BCUT2D eigenvalue weighted by Crippen LogP contribution is -2.39. The van der Waals surface area contributed by atoms with Gasteiger partial charge in [-0.15, -0.1) is 6.42 Å². The Morgan fingerprint density at radius 3 is 2.64 bits per heavy atom. The van der Waals surface area contributed by atoms with Gasteiger partial charge in [0.1, 0.15) is 0 Å². The largest absolute Gasteiger partial charge is 0.481 e. The molecule has 0 aromatic carbocycles. The average molecular weight is 220 g/mol. The highest BCUT2D eigenvalue weighted by molar-refractivity contribution is 7.87. The van der Waals surface area contributed by atoms with E-state index in [4.69, 9.17) is 11.5 Å². The molecule has 0 spiro atoms. The van der Waals surface area contributed by atoms with Gasteiger partial charge in [0.15, 0.2) is 0 Å². The summed E-state index contributed by atoms with van der Waals surface area (Å²) in [6.07, 6.45) is 4.63. The molecule has 0 aliphatic heterocycles. The molecule has 6 nitrogen and oxygen atoms in total. The van der Waals surface area contributed by atoms with E-state index in [9.17, 15) is 13.2 Å². The standard InChI is InChI=1S/C7H12N2O4S/c1-3-5-8-14(12,13)9(2)6-4-7(10)11/h1,8H,4-6H2,2H3,(H,10,11). The zero-order chi connectivity index (χ0) is 11.2. The molecule has 0 saturated heterocycles. The van der Waals surface area contributed by atoms with Crippen molar-refractivity contribution >= 4 is 16.2 Å². The minimum atomic E-state index is -3.64. The monoisotopic (exact) mass is 220 g/mol. The molecular weight excluding hydrogens is 208 g/mol. The minimum Gasteiger partial charge on any atom is -0.481 e. The van der Waals surface area contributed by atoms with Crippen LogP contribution in [0.4, 0.5) is 0 Å². The molecule has 0 bridgehead atoms. The molecular formula is C7H12N2O4S. The van der Waals surface area contributed by atoms with Crippen LogP contribution in [-0.2, 0) is 15.0 Å². The summed E-state index contributed by atoms with van der Waals surface area (Å²) < 4.78 is 25.5. The smallest absolute Gasteiger partial charge is 0.304 e. The van der Waals surface area contributed by atoms with Crippen molar-refractivity contribution in [2.24, 2.45) is 0 Å². The highest BCUT2D eigenvalue weighted by Crippen LogP contribution is 1.94. The van der Waals surface area contributed by atoms with Crippen LogP contribution in [0.5, 0.6) is 0 Å². The maximum atomic E-state index is 11.2. The zero-order valence-electron chi connectivity index (χ0n) is 7.73. The van der Waals surface area contributed by atoms with Gasteiger partial charge in [0.05, 0.1) is 13.0 Å². The first-order valence-electron chi connectivity index (χ1n) is 3.76. The van der Waals surface area contributed by atoms with Crippen molar-refractivity contribution in [1.29, 1.82) is 0 Å². The van der Waals surface area contributed by atoms with Crippen molar-refractivity contribution in [3.8, 4) is 12.3 Å². The number of carboxylic acids is 1. The van der Waals surface area contributed by atoms with Crippen LogP contribution in [0.3, 0.4) is 0 Å². The number of nitrogens with one attached hydrogen (secondary N) is 1.